The molecule has 0 aromatic rings. The van der Waals surface area contributed by atoms with Crippen molar-refractivity contribution in [3.63, 3.8) is 0 Å². The second kappa shape index (κ2) is 13.1. The predicted octanol–water partition coefficient (Wildman–Crippen LogP) is 1.55. The van der Waals surface area contributed by atoms with Gasteiger partial charge in [-0.3, -0.25) is 4.79 Å². The molecule has 0 radical (unpaired) electrons. The maximum absolute atomic E-state index is 11.6. The average molecular weight is 302 g/mol. The highest BCUT2D eigenvalue weighted by Crippen LogP contribution is 1.97. The van der Waals surface area contributed by atoms with Crippen molar-refractivity contribution in [1.82, 2.24) is 15.5 Å². The molecule has 0 heterocycles. The fraction of sp³-hybridized carbons (Fsp3) is 0.857. The third kappa shape index (κ3) is 11.0. The Labute approximate surface area is 128 Å². The Bertz CT molecular complexity index is 282. The molecule has 0 fully saturated rings. The first-order valence-electron chi connectivity index (χ1n) is 7.33. The smallest absolute Gasteiger partial charge is 0.243 e. The minimum atomic E-state index is 0.0157. The molecule has 20 heavy (non-hydrogen) atoms. The second-order valence-corrected chi connectivity index (χ2v) is 5.85. The van der Waals surface area contributed by atoms with Crippen molar-refractivity contribution in [1.29, 1.82) is 0 Å². The number of hydrogen-bond donors (Lipinski definition) is 2. The fourth-order valence-corrected chi connectivity index (χ4v) is 1.80. The molecule has 118 valence electrons. The van der Waals surface area contributed by atoms with Crippen LogP contribution in [-0.2, 0) is 4.79 Å². The largest absolute Gasteiger partial charge is 0.356 e. The van der Waals surface area contributed by atoms with E-state index < -0.39 is 0 Å². The predicted molar refractivity (Wildman–Crippen MR) is 89.5 cm³/mol. The van der Waals surface area contributed by atoms with Crippen LogP contribution in [0.1, 0.15) is 32.6 Å². The average Bonchev–Trinajstić information content (AvgIpc) is 2.43. The summed E-state index contributed by atoms with van der Waals surface area (Å²) in [5, 5.41) is 6.54. The van der Waals surface area contributed by atoms with Gasteiger partial charge in [-0.25, -0.2) is 4.99 Å². The topological polar surface area (TPSA) is 56.7 Å². The molecule has 1 amide bonds. The van der Waals surface area contributed by atoms with Crippen LogP contribution in [0.15, 0.2) is 4.99 Å². The van der Waals surface area contributed by atoms with Crippen LogP contribution in [0.2, 0.25) is 0 Å². The summed E-state index contributed by atoms with van der Waals surface area (Å²) in [6, 6.07) is 0. The summed E-state index contributed by atoms with van der Waals surface area (Å²) in [6.45, 7) is 4.16. The standard InChI is InChI=1S/C14H30N4OS/c1-5-6-7-8-9-15-14(16-10-11-20-4)17-12-13(19)18(2)3/h5-12H2,1-4H3,(H2,15,16,17). The lowest BCUT2D eigenvalue weighted by Gasteiger charge is -2.13. The summed E-state index contributed by atoms with van der Waals surface area (Å²) in [6.07, 6.45) is 6.96. The number of hydrogen-bond acceptors (Lipinski definition) is 3. The van der Waals surface area contributed by atoms with Crippen molar-refractivity contribution in [2.24, 2.45) is 4.99 Å². The van der Waals surface area contributed by atoms with Crippen LogP contribution in [0, 0.1) is 0 Å². The van der Waals surface area contributed by atoms with Gasteiger partial charge in [0, 0.05) is 32.9 Å². The number of guanidine groups is 1. The van der Waals surface area contributed by atoms with E-state index in [1.807, 2.05) is 0 Å². The van der Waals surface area contributed by atoms with Gasteiger partial charge in [-0.05, 0) is 12.7 Å². The molecule has 0 atom stereocenters. The van der Waals surface area contributed by atoms with E-state index in [0.29, 0.717) is 0 Å². The first-order valence-corrected chi connectivity index (χ1v) is 8.72. The van der Waals surface area contributed by atoms with Crippen LogP contribution in [0.4, 0.5) is 0 Å². The summed E-state index contributed by atoms with van der Waals surface area (Å²) in [7, 11) is 3.49. The third-order valence-corrected chi connectivity index (χ3v) is 3.41. The van der Waals surface area contributed by atoms with E-state index in [1.54, 1.807) is 30.8 Å². The molecule has 0 aromatic heterocycles. The van der Waals surface area contributed by atoms with Crippen LogP contribution < -0.4 is 10.6 Å². The Morgan fingerprint density at radius 3 is 2.45 bits per heavy atom. The molecule has 0 unspecified atom stereocenters. The van der Waals surface area contributed by atoms with Gasteiger partial charge in [0.05, 0.1) is 0 Å². The minimum Gasteiger partial charge on any atom is -0.356 e. The van der Waals surface area contributed by atoms with Crippen molar-refractivity contribution in [3.8, 4) is 0 Å². The number of rotatable bonds is 10. The summed E-state index contributed by atoms with van der Waals surface area (Å²) < 4.78 is 0. The zero-order valence-corrected chi connectivity index (χ0v) is 14.2. The van der Waals surface area contributed by atoms with Crippen molar-refractivity contribution in [2.75, 3.05) is 45.7 Å². The lowest BCUT2D eigenvalue weighted by molar-refractivity contribution is -0.127. The van der Waals surface area contributed by atoms with E-state index in [9.17, 15) is 4.79 Å². The first-order chi connectivity index (χ1) is 9.61. The molecule has 0 aromatic carbocycles. The molecule has 0 spiro atoms. The zero-order chi connectivity index (χ0) is 15.2. The number of nitrogens with one attached hydrogen (secondary N) is 2. The van der Waals surface area contributed by atoms with Gasteiger partial charge in [0.15, 0.2) is 5.96 Å². The van der Waals surface area contributed by atoms with Crippen LogP contribution in [0.25, 0.3) is 0 Å². The Hall–Kier alpha value is -0.910. The van der Waals surface area contributed by atoms with Gasteiger partial charge in [-0.1, -0.05) is 26.2 Å². The van der Waals surface area contributed by atoms with Gasteiger partial charge in [-0.2, -0.15) is 11.8 Å². The number of thioether (sulfide) groups is 1. The number of aliphatic imine (C=N–C) groups is 1. The van der Waals surface area contributed by atoms with Gasteiger partial charge in [-0.15, -0.1) is 0 Å². The number of amides is 1. The molecule has 0 saturated carbocycles. The molecule has 0 bridgehead atoms. The van der Waals surface area contributed by atoms with E-state index in [-0.39, 0.29) is 12.5 Å². The van der Waals surface area contributed by atoms with E-state index in [4.69, 9.17) is 0 Å². The van der Waals surface area contributed by atoms with E-state index in [0.717, 1.165) is 31.2 Å². The van der Waals surface area contributed by atoms with E-state index >= 15 is 0 Å². The van der Waals surface area contributed by atoms with Crippen molar-refractivity contribution in [3.05, 3.63) is 0 Å². The van der Waals surface area contributed by atoms with Crippen LogP contribution in [0.3, 0.4) is 0 Å². The SMILES string of the molecule is CCCCCCNC(=NCC(=O)N(C)C)NCCSC. The van der Waals surface area contributed by atoms with Gasteiger partial charge in [0.2, 0.25) is 5.91 Å². The number of unbranched alkanes of at least 4 members (excludes halogenated alkanes) is 3. The van der Waals surface area contributed by atoms with E-state index in [1.165, 1.54) is 19.3 Å². The molecule has 0 rings (SSSR count). The molecule has 0 saturated heterocycles. The van der Waals surface area contributed by atoms with Gasteiger partial charge in [0.1, 0.15) is 6.54 Å². The van der Waals surface area contributed by atoms with Gasteiger partial charge >= 0.3 is 0 Å². The maximum Gasteiger partial charge on any atom is 0.243 e. The number of carbonyl (C=O) groups excluding carboxylic acids is 1. The highest BCUT2D eigenvalue weighted by atomic mass is 32.2. The van der Waals surface area contributed by atoms with Crippen LogP contribution in [0.5, 0.6) is 0 Å². The van der Waals surface area contributed by atoms with Crippen molar-refractivity contribution in [2.45, 2.75) is 32.6 Å². The monoisotopic (exact) mass is 302 g/mol. The lowest BCUT2D eigenvalue weighted by Crippen LogP contribution is -2.40. The Morgan fingerprint density at radius 2 is 1.85 bits per heavy atom. The summed E-state index contributed by atoms with van der Waals surface area (Å²) in [4.78, 5) is 17.4. The number of carbonyl (C=O) groups is 1. The molecule has 0 aliphatic rings. The first kappa shape index (κ1) is 19.1. The fourth-order valence-electron chi connectivity index (χ4n) is 1.49. The maximum atomic E-state index is 11.6. The molecule has 0 aliphatic carbocycles. The number of nitrogens with zero attached hydrogens (tertiary/aromatic N) is 2. The Balaban J connectivity index is 4.11. The highest BCUT2D eigenvalue weighted by Gasteiger charge is 2.04. The molecular formula is C14H30N4OS. The van der Waals surface area contributed by atoms with Crippen molar-refractivity contribution < 1.29 is 4.79 Å². The Kier molecular flexibility index (Phi) is 12.5. The molecule has 6 heteroatoms. The zero-order valence-electron chi connectivity index (χ0n) is 13.4. The summed E-state index contributed by atoms with van der Waals surface area (Å²) in [5.74, 6) is 1.78. The van der Waals surface area contributed by atoms with Crippen molar-refractivity contribution >= 4 is 23.6 Å². The third-order valence-electron chi connectivity index (χ3n) is 2.79. The molecule has 5 nitrogen and oxygen atoms in total. The lowest BCUT2D eigenvalue weighted by atomic mass is 10.2. The van der Waals surface area contributed by atoms with Crippen LogP contribution in [-0.4, -0.2) is 62.5 Å². The summed E-state index contributed by atoms with van der Waals surface area (Å²) >= 11 is 1.79. The van der Waals surface area contributed by atoms with Gasteiger partial charge < -0.3 is 15.5 Å². The number of likely N-dealkylation sites (N-methyl/N-ethyl adjacent to an activating group) is 1. The second-order valence-electron chi connectivity index (χ2n) is 4.86. The molecule has 2 N–H and O–H groups in total. The minimum absolute atomic E-state index is 0.0157. The normalized spacial score (nSPS) is 11.3. The Morgan fingerprint density at radius 1 is 1.15 bits per heavy atom. The molecular weight excluding hydrogens is 272 g/mol. The van der Waals surface area contributed by atoms with Gasteiger partial charge in [0.25, 0.3) is 0 Å². The molecule has 0 aliphatic heterocycles. The van der Waals surface area contributed by atoms with E-state index in [2.05, 4.69) is 28.8 Å². The quantitative estimate of drug-likeness (QED) is 0.365. The van der Waals surface area contributed by atoms with Crippen LogP contribution >= 0.6 is 11.8 Å². The summed E-state index contributed by atoms with van der Waals surface area (Å²) in [5.41, 5.74) is 0. The highest BCUT2D eigenvalue weighted by molar-refractivity contribution is 7.98.